The van der Waals surface area contributed by atoms with Gasteiger partial charge in [-0.05, 0) is 50.1 Å². The van der Waals surface area contributed by atoms with Crippen LogP contribution in [-0.2, 0) is 23.6 Å². The van der Waals surface area contributed by atoms with E-state index >= 15 is 0 Å². The summed E-state index contributed by atoms with van der Waals surface area (Å²) in [5.74, 6) is -2.13. The maximum absolute atomic E-state index is 13.3. The highest BCUT2D eigenvalue weighted by Gasteiger charge is 2.38. The molecule has 3 aromatic rings. The monoisotopic (exact) mass is 512 g/mol. The maximum Gasteiger partial charge on any atom is 0.416 e. The SMILES string of the molecule is CCOC(=O)c1c(C)c(C)n(Cc2ccccc2)c1NC(=O)c1cc(C(F)(F)F)cc(C(F)(F)F)c1. The summed E-state index contributed by atoms with van der Waals surface area (Å²) in [7, 11) is 0. The topological polar surface area (TPSA) is 60.3 Å². The number of carbonyl (C=O) groups excluding carboxylic acids is 2. The lowest BCUT2D eigenvalue weighted by molar-refractivity contribution is -0.143. The molecule has 192 valence electrons. The van der Waals surface area contributed by atoms with Gasteiger partial charge >= 0.3 is 18.3 Å². The molecule has 0 fully saturated rings. The van der Waals surface area contributed by atoms with Crippen LogP contribution in [0.2, 0.25) is 0 Å². The van der Waals surface area contributed by atoms with Gasteiger partial charge in [-0.15, -0.1) is 0 Å². The Kier molecular flexibility index (Phi) is 7.51. The van der Waals surface area contributed by atoms with E-state index in [0.29, 0.717) is 23.4 Å². The second kappa shape index (κ2) is 10.1. The van der Waals surface area contributed by atoms with Gasteiger partial charge in [-0.3, -0.25) is 4.79 Å². The summed E-state index contributed by atoms with van der Waals surface area (Å²) in [5, 5.41) is 2.36. The second-order valence-corrected chi connectivity index (χ2v) is 7.97. The van der Waals surface area contributed by atoms with E-state index in [2.05, 4.69) is 5.32 Å². The smallest absolute Gasteiger partial charge is 0.416 e. The largest absolute Gasteiger partial charge is 0.462 e. The minimum Gasteiger partial charge on any atom is -0.462 e. The number of aromatic nitrogens is 1. The van der Waals surface area contributed by atoms with Gasteiger partial charge in [0.15, 0.2) is 0 Å². The Balaban J connectivity index is 2.14. The first-order valence-corrected chi connectivity index (χ1v) is 10.8. The molecule has 0 saturated heterocycles. The highest BCUT2D eigenvalue weighted by molar-refractivity contribution is 6.08. The average molecular weight is 512 g/mol. The number of carbonyl (C=O) groups is 2. The molecule has 1 aromatic heterocycles. The number of anilines is 1. The number of esters is 1. The van der Waals surface area contributed by atoms with Crippen molar-refractivity contribution in [2.45, 2.75) is 39.7 Å². The molecule has 11 heteroatoms. The summed E-state index contributed by atoms with van der Waals surface area (Å²) in [6, 6.07) is 9.50. The van der Waals surface area contributed by atoms with Crippen LogP contribution in [0.25, 0.3) is 0 Å². The molecular formula is C25H22F6N2O3. The Bertz CT molecular complexity index is 1250. The van der Waals surface area contributed by atoms with Gasteiger partial charge in [0.2, 0.25) is 0 Å². The average Bonchev–Trinajstić information content (AvgIpc) is 3.02. The Morgan fingerprint density at radius 3 is 1.97 bits per heavy atom. The zero-order valence-corrected chi connectivity index (χ0v) is 19.5. The quantitative estimate of drug-likeness (QED) is 0.298. The van der Waals surface area contributed by atoms with Crippen LogP contribution in [0.5, 0.6) is 0 Å². The van der Waals surface area contributed by atoms with Gasteiger partial charge in [0.25, 0.3) is 5.91 Å². The molecule has 0 aliphatic carbocycles. The van der Waals surface area contributed by atoms with E-state index < -0.39 is 40.9 Å². The predicted octanol–water partition coefficient (Wildman–Crippen LogP) is 6.62. The van der Waals surface area contributed by atoms with Gasteiger partial charge in [-0.1, -0.05) is 30.3 Å². The Hall–Kier alpha value is -3.76. The molecule has 2 aromatic carbocycles. The highest BCUT2D eigenvalue weighted by atomic mass is 19.4. The molecule has 3 rings (SSSR count). The molecular weight excluding hydrogens is 490 g/mol. The molecule has 0 spiro atoms. The lowest BCUT2D eigenvalue weighted by Gasteiger charge is -2.16. The van der Waals surface area contributed by atoms with E-state index in [4.69, 9.17) is 4.74 Å². The normalized spacial score (nSPS) is 11.9. The maximum atomic E-state index is 13.3. The van der Waals surface area contributed by atoms with Crippen LogP contribution >= 0.6 is 0 Å². The molecule has 36 heavy (non-hydrogen) atoms. The number of hydrogen-bond donors (Lipinski definition) is 1. The number of hydrogen-bond acceptors (Lipinski definition) is 3. The molecule has 1 amide bonds. The zero-order chi connectivity index (χ0) is 26.8. The highest BCUT2D eigenvalue weighted by Crippen LogP contribution is 2.37. The Labute approximate surface area is 202 Å². The number of ether oxygens (including phenoxy) is 1. The number of alkyl halides is 6. The molecule has 0 aliphatic rings. The first kappa shape index (κ1) is 26.8. The van der Waals surface area contributed by atoms with Crippen molar-refractivity contribution in [3.8, 4) is 0 Å². The van der Waals surface area contributed by atoms with E-state index in [1.54, 1.807) is 55.7 Å². The van der Waals surface area contributed by atoms with Crippen molar-refractivity contribution in [2.75, 3.05) is 11.9 Å². The second-order valence-electron chi connectivity index (χ2n) is 7.97. The van der Waals surface area contributed by atoms with Gasteiger partial charge in [0.1, 0.15) is 11.4 Å². The van der Waals surface area contributed by atoms with Crippen molar-refractivity contribution in [3.05, 3.63) is 87.6 Å². The van der Waals surface area contributed by atoms with Gasteiger partial charge < -0.3 is 14.6 Å². The van der Waals surface area contributed by atoms with Crippen LogP contribution in [0.3, 0.4) is 0 Å². The number of rotatable bonds is 6. The van der Waals surface area contributed by atoms with Crippen molar-refractivity contribution in [1.82, 2.24) is 4.57 Å². The van der Waals surface area contributed by atoms with E-state index in [1.807, 2.05) is 0 Å². The number of amides is 1. The minimum absolute atomic E-state index is 0.0111. The Morgan fingerprint density at radius 2 is 1.47 bits per heavy atom. The first-order valence-electron chi connectivity index (χ1n) is 10.8. The number of benzene rings is 2. The summed E-state index contributed by atoms with van der Waals surface area (Å²) in [6.45, 7) is 5.02. The third-order valence-electron chi connectivity index (χ3n) is 5.57. The fourth-order valence-corrected chi connectivity index (χ4v) is 3.68. The van der Waals surface area contributed by atoms with Crippen LogP contribution in [0.4, 0.5) is 32.2 Å². The summed E-state index contributed by atoms with van der Waals surface area (Å²) < 4.78 is 86.3. The van der Waals surface area contributed by atoms with E-state index in [0.717, 1.165) is 5.56 Å². The molecule has 0 radical (unpaired) electrons. The van der Waals surface area contributed by atoms with Crippen LogP contribution in [0, 0.1) is 13.8 Å². The third-order valence-corrected chi connectivity index (χ3v) is 5.57. The van der Waals surface area contributed by atoms with Crippen molar-refractivity contribution in [1.29, 1.82) is 0 Å². The fourth-order valence-electron chi connectivity index (χ4n) is 3.68. The Morgan fingerprint density at radius 1 is 0.917 bits per heavy atom. The van der Waals surface area contributed by atoms with Crippen molar-refractivity contribution < 1.29 is 40.7 Å². The summed E-state index contributed by atoms with van der Waals surface area (Å²) in [5.41, 5.74) is -2.38. The molecule has 0 saturated carbocycles. The standard InChI is InChI=1S/C25H22F6N2O3/c1-4-36-23(35)20-14(2)15(3)33(13-16-8-6-5-7-9-16)21(20)32-22(34)17-10-18(24(26,27)28)12-19(11-17)25(29,30)31/h5-12H,4,13H2,1-3H3,(H,32,34). The van der Waals surface area contributed by atoms with E-state index in [-0.39, 0.29) is 30.6 Å². The van der Waals surface area contributed by atoms with Crippen molar-refractivity contribution >= 4 is 17.7 Å². The molecule has 0 atom stereocenters. The molecule has 5 nitrogen and oxygen atoms in total. The van der Waals surface area contributed by atoms with Gasteiger partial charge in [0.05, 0.1) is 17.7 Å². The lowest BCUT2D eigenvalue weighted by Crippen LogP contribution is -2.21. The number of halogens is 6. The molecule has 1 N–H and O–H groups in total. The first-order chi connectivity index (χ1) is 16.7. The molecule has 1 heterocycles. The van der Waals surface area contributed by atoms with Crippen LogP contribution < -0.4 is 5.32 Å². The zero-order valence-electron chi connectivity index (χ0n) is 19.5. The summed E-state index contributed by atoms with van der Waals surface area (Å²) in [6.07, 6.45) is -10.2. The van der Waals surface area contributed by atoms with Crippen molar-refractivity contribution in [3.63, 3.8) is 0 Å². The summed E-state index contributed by atoms with van der Waals surface area (Å²) >= 11 is 0. The van der Waals surface area contributed by atoms with Crippen molar-refractivity contribution in [2.24, 2.45) is 0 Å². The number of nitrogens with zero attached hydrogens (tertiary/aromatic N) is 1. The van der Waals surface area contributed by atoms with Gasteiger partial charge in [-0.25, -0.2) is 4.79 Å². The van der Waals surface area contributed by atoms with Crippen LogP contribution in [0.15, 0.2) is 48.5 Å². The van der Waals surface area contributed by atoms with Crippen LogP contribution in [-0.4, -0.2) is 23.1 Å². The fraction of sp³-hybridized carbons (Fsp3) is 0.280. The lowest BCUT2D eigenvalue weighted by atomic mass is 10.0. The van der Waals surface area contributed by atoms with E-state index in [9.17, 15) is 35.9 Å². The molecule has 0 bridgehead atoms. The minimum atomic E-state index is -5.12. The molecule has 0 unspecified atom stereocenters. The van der Waals surface area contributed by atoms with Crippen LogP contribution in [0.1, 0.15) is 55.6 Å². The molecule has 0 aliphatic heterocycles. The van der Waals surface area contributed by atoms with Gasteiger partial charge in [0, 0.05) is 17.8 Å². The number of nitrogens with one attached hydrogen (secondary N) is 1. The van der Waals surface area contributed by atoms with E-state index in [1.165, 1.54) is 0 Å². The third kappa shape index (κ3) is 5.72. The summed E-state index contributed by atoms with van der Waals surface area (Å²) in [4.78, 5) is 25.7. The van der Waals surface area contributed by atoms with Gasteiger partial charge in [-0.2, -0.15) is 26.3 Å². The predicted molar refractivity (Wildman–Crippen MR) is 120 cm³/mol.